The maximum atomic E-state index is 10.8. The van der Waals surface area contributed by atoms with Gasteiger partial charge in [-0.15, -0.1) is 0 Å². The number of nitrogens with zero attached hydrogens (tertiary/aromatic N) is 2. The number of rotatable bonds is 3. The number of hydrogen-bond donors (Lipinski definition) is 1. The predicted molar refractivity (Wildman–Crippen MR) is 72.2 cm³/mol. The molecule has 1 fully saturated rings. The second-order valence-electron chi connectivity index (χ2n) is 4.67. The van der Waals surface area contributed by atoms with Crippen LogP contribution < -0.4 is 5.32 Å². The molecular weight excluding hydrogens is 254 g/mol. The molecule has 1 N–H and O–H groups in total. The van der Waals surface area contributed by atoms with Gasteiger partial charge >= 0.3 is 0 Å². The van der Waals surface area contributed by atoms with Crippen LogP contribution in [0.3, 0.4) is 0 Å². The van der Waals surface area contributed by atoms with Crippen LogP contribution >= 0.6 is 11.6 Å². The van der Waals surface area contributed by atoms with Crippen LogP contribution in [-0.4, -0.2) is 36.0 Å². The Kier molecular flexibility index (Phi) is 4.04. The standard InChI is InChI=1S/C12H16ClN3O2/c1-15-6-2-3-10(8-15)14-9-4-5-11(13)12(7-9)16(17)18/h4-5,7,10,14H,2-3,6,8H2,1H3. The van der Waals surface area contributed by atoms with Gasteiger partial charge in [0.1, 0.15) is 5.02 Å². The molecule has 1 aromatic carbocycles. The third-order valence-corrected chi connectivity index (χ3v) is 3.46. The molecule has 0 bridgehead atoms. The fourth-order valence-corrected chi connectivity index (χ4v) is 2.45. The van der Waals surface area contributed by atoms with Crippen molar-refractivity contribution in [3.8, 4) is 0 Å². The van der Waals surface area contributed by atoms with E-state index in [4.69, 9.17) is 11.6 Å². The Labute approximate surface area is 111 Å². The number of halogens is 1. The second-order valence-corrected chi connectivity index (χ2v) is 5.08. The Hall–Kier alpha value is -1.33. The van der Waals surface area contributed by atoms with Gasteiger partial charge in [-0.25, -0.2) is 0 Å². The third-order valence-electron chi connectivity index (χ3n) is 3.14. The Balaban J connectivity index is 2.09. The minimum absolute atomic E-state index is 0.0502. The van der Waals surface area contributed by atoms with Crippen molar-refractivity contribution in [1.82, 2.24) is 4.90 Å². The summed E-state index contributed by atoms with van der Waals surface area (Å²) in [6.07, 6.45) is 2.23. The quantitative estimate of drug-likeness (QED) is 0.677. The Morgan fingerprint density at radius 1 is 1.56 bits per heavy atom. The van der Waals surface area contributed by atoms with E-state index in [2.05, 4.69) is 17.3 Å². The van der Waals surface area contributed by atoms with Gasteiger partial charge in [-0.1, -0.05) is 11.6 Å². The average molecular weight is 270 g/mol. The highest BCUT2D eigenvalue weighted by Crippen LogP contribution is 2.28. The van der Waals surface area contributed by atoms with Crippen molar-refractivity contribution in [3.05, 3.63) is 33.3 Å². The lowest BCUT2D eigenvalue weighted by Gasteiger charge is -2.30. The SMILES string of the molecule is CN1CCCC(Nc2ccc(Cl)c([N+](=O)[O-])c2)C1. The minimum Gasteiger partial charge on any atom is -0.381 e. The maximum absolute atomic E-state index is 10.8. The van der Waals surface area contributed by atoms with Crippen LogP contribution in [0, 0.1) is 10.1 Å². The summed E-state index contributed by atoms with van der Waals surface area (Å²) in [6, 6.07) is 5.18. The summed E-state index contributed by atoms with van der Waals surface area (Å²) in [4.78, 5) is 12.6. The fourth-order valence-electron chi connectivity index (χ4n) is 2.26. The molecule has 2 rings (SSSR count). The lowest BCUT2D eigenvalue weighted by molar-refractivity contribution is -0.384. The van der Waals surface area contributed by atoms with E-state index >= 15 is 0 Å². The Morgan fingerprint density at radius 2 is 2.33 bits per heavy atom. The molecule has 18 heavy (non-hydrogen) atoms. The van der Waals surface area contributed by atoms with Crippen molar-refractivity contribution < 1.29 is 4.92 Å². The summed E-state index contributed by atoms with van der Waals surface area (Å²) in [5, 5.41) is 14.3. The second kappa shape index (κ2) is 5.54. The molecule has 0 radical (unpaired) electrons. The molecule has 98 valence electrons. The van der Waals surface area contributed by atoms with Crippen molar-refractivity contribution in [1.29, 1.82) is 0 Å². The zero-order valence-corrected chi connectivity index (χ0v) is 11.0. The Bertz CT molecular complexity index is 453. The van der Waals surface area contributed by atoms with Gasteiger partial charge in [-0.2, -0.15) is 0 Å². The molecule has 5 nitrogen and oxygen atoms in total. The molecule has 0 aliphatic carbocycles. The summed E-state index contributed by atoms with van der Waals surface area (Å²) >= 11 is 5.78. The molecular formula is C12H16ClN3O2. The normalized spacial score (nSPS) is 20.7. The van der Waals surface area contributed by atoms with E-state index in [9.17, 15) is 10.1 Å². The highest BCUT2D eigenvalue weighted by Gasteiger charge is 2.18. The van der Waals surface area contributed by atoms with Gasteiger partial charge < -0.3 is 10.2 Å². The number of nitro groups is 1. The van der Waals surface area contributed by atoms with Gasteiger partial charge in [0, 0.05) is 24.3 Å². The predicted octanol–water partition coefficient (Wildman–Crippen LogP) is 2.75. The minimum atomic E-state index is -0.458. The smallest absolute Gasteiger partial charge is 0.289 e. The molecule has 1 atom stereocenters. The summed E-state index contributed by atoms with van der Waals surface area (Å²) in [7, 11) is 2.08. The number of likely N-dealkylation sites (tertiary alicyclic amines) is 1. The van der Waals surface area contributed by atoms with Gasteiger partial charge in [0.05, 0.1) is 4.92 Å². The first-order valence-electron chi connectivity index (χ1n) is 5.95. The number of likely N-dealkylation sites (N-methyl/N-ethyl adjacent to an activating group) is 1. The van der Waals surface area contributed by atoms with Crippen LogP contribution in [0.15, 0.2) is 18.2 Å². The summed E-state index contributed by atoms with van der Waals surface area (Å²) in [5.41, 5.74) is 0.706. The summed E-state index contributed by atoms with van der Waals surface area (Å²) in [6.45, 7) is 2.06. The van der Waals surface area contributed by atoms with Gasteiger partial charge in [0.2, 0.25) is 0 Å². The molecule has 6 heteroatoms. The largest absolute Gasteiger partial charge is 0.381 e. The van der Waals surface area contributed by atoms with Gasteiger partial charge in [-0.05, 0) is 38.6 Å². The number of benzene rings is 1. The molecule has 1 aliphatic rings. The summed E-state index contributed by atoms with van der Waals surface area (Å²) in [5.74, 6) is 0. The lowest BCUT2D eigenvalue weighted by atomic mass is 10.1. The molecule has 1 aliphatic heterocycles. The topological polar surface area (TPSA) is 58.4 Å². The number of nitrogens with one attached hydrogen (secondary N) is 1. The summed E-state index contributed by atoms with van der Waals surface area (Å²) < 4.78 is 0. The van der Waals surface area contributed by atoms with E-state index < -0.39 is 4.92 Å². The Morgan fingerprint density at radius 3 is 3.00 bits per heavy atom. The number of nitro benzene ring substituents is 1. The fraction of sp³-hybridized carbons (Fsp3) is 0.500. The number of piperidine rings is 1. The molecule has 1 saturated heterocycles. The van der Waals surface area contributed by atoms with Crippen molar-refractivity contribution in [2.24, 2.45) is 0 Å². The van der Waals surface area contributed by atoms with Gasteiger partial charge in [-0.3, -0.25) is 10.1 Å². The maximum Gasteiger partial charge on any atom is 0.289 e. The first-order chi connectivity index (χ1) is 8.56. The molecule has 1 heterocycles. The zero-order chi connectivity index (χ0) is 13.1. The van der Waals surface area contributed by atoms with E-state index in [0.29, 0.717) is 6.04 Å². The molecule has 0 amide bonds. The monoisotopic (exact) mass is 269 g/mol. The van der Waals surface area contributed by atoms with Crippen LogP contribution in [0.1, 0.15) is 12.8 Å². The van der Waals surface area contributed by atoms with Crippen LogP contribution in [0.4, 0.5) is 11.4 Å². The van der Waals surface area contributed by atoms with Crippen LogP contribution in [0.5, 0.6) is 0 Å². The van der Waals surface area contributed by atoms with Crippen molar-refractivity contribution in [2.45, 2.75) is 18.9 Å². The van der Waals surface area contributed by atoms with Gasteiger partial charge in [0.25, 0.3) is 5.69 Å². The van der Waals surface area contributed by atoms with E-state index in [1.807, 2.05) is 0 Å². The zero-order valence-electron chi connectivity index (χ0n) is 10.2. The molecule has 0 spiro atoms. The number of hydrogen-bond acceptors (Lipinski definition) is 4. The van der Waals surface area contributed by atoms with Crippen LogP contribution in [0.25, 0.3) is 0 Å². The van der Waals surface area contributed by atoms with Crippen molar-refractivity contribution in [2.75, 3.05) is 25.5 Å². The van der Waals surface area contributed by atoms with E-state index in [0.717, 1.165) is 31.6 Å². The lowest BCUT2D eigenvalue weighted by Crippen LogP contribution is -2.39. The van der Waals surface area contributed by atoms with E-state index in [1.165, 1.54) is 6.07 Å². The first-order valence-corrected chi connectivity index (χ1v) is 6.33. The van der Waals surface area contributed by atoms with Crippen LogP contribution in [-0.2, 0) is 0 Å². The first kappa shape index (κ1) is 13.1. The molecule has 1 aromatic rings. The van der Waals surface area contributed by atoms with Crippen molar-refractivity contribution in [3.63, 3.8) is 0 Å². The molecule has 1 unspecified atom stereocenters. The molecule has 0 aromatic heterocycles. The molecule has 0 saturated carbocycles. The van der Waals surface area contributed by atoms with Crippen molar-refractivity contribution >= 4 is 23.0 Å². The average Bonchev–Trinajstić information content (AvgIpc) is 2.31. The number of anilines is 1. The highest BCUT2D eigenvalue weighted by atomic mass is 35.5. The van der Waals surface area contributed by atoms with E-state index in [-0.39, 0.29) is 10.7 Å². The van der Waals surface area contributed by atoms with Gasteiger partial charge in [0.15, 0.2) is 0 Å². The highest BCUT2D eigenvalue weighted by molar-refractivity contribution is 6.32. The van der Waals surface area contributed by atoms with E-state index in [1.54, 1.807) is 12.1 Å². The van der Waals surface area contributed by atoms with Crippen LogP contribution in [0.2, 0.25) is 5.02 Å². The third kappa shape index (κ3) is 3.11.